The van der Waals surface area contributed by atoms with Crippen LogP contribution in [0.4, 0.5) is 10.3 Å². The lowest BCUT2D eigenvalue weighted by molar-refractivity contribution is -0.0227. The largest absolute Gasteiger partial charge is 0.492 e. The maximum Gasteiger partial charge on any atom is 0.245 e. The lowest BCUT2D eigenvalue weighted by Crippen LogP contribution is -2.36. The van der Waals surface area contributed by atoms with E-state index in [1.165, 1.54) is 12.1 Å². The Hall–Kier alpha value is -2.22. The fourth-order valence-corrected chi connectivity index (χ4v) is 2.72. The summed E-state index contributed by atoms with van der Waals surface area (Å²) in [5.74, 6) is 1.09. The molecule has 1 aromatic carbocycles. The molecule has 2 aromatic rings. The molecule has 1 aromatic heterocycles. The molecule has 3 rings (SSSR count). The number of anilines is 1. The molecule has 8 heteroatoms. The molecule has 0 bridgehead atoms. The summed E-state index contributed by atoms with van der Waals surface area (Å²) in [5.41, 5.74) is 0. The number of likely N-dealkylation sites (N-methyl/N-ethyl adjacent to an activating group) is 1. The molecule has 0 atom stereocenters. The number of benzene rings is 1. The van der Waals surface area contributed by atoms with Crippen molar-refractivity contribution in [2.24, 2.45) is 0 Å². The first-order valence-electron chi connectivity index (χ1n) is 8.16. The first-order chi connectivity index (χ1) is 11.7. The Labute approximate surface area is 140 Å². The average Bonchev–Trinajstić information content (AvgIpc) is 3.01. The Morgan fingerprint density at radius 1 is 1.29 bits per heavy atom. The van der Waals surface area contributed by atoms with Gasteiger partial charge in [0.05, 0.1) is 18.7 Å². The molecular weight excluding hydrogens is 313 g/mol. The van der Waals surface area contributed by atoms with Crippen LogP contribution in [0.25, 0.3) is 0 Å². The van der Waals surface area contributed by atoms with Gasteiger partial charge >= 0.3 is 0 Å². The first kappa shape index (κ1) is 16.6. The van der Waals surface area contributed by atoms with Crippen LogP contribution in [-0.2, 0) is 4.74 Å². The molecule has 24 heavy (non-hydrogen) atoms. The molecule has 0 amide bonds. The predicted octanol–water partition coefficient (Wildman–Crippen LogP) is 2.07. The standard InChI is InChI=1S/C16H22FN5O2/c1-3-23-15-10-13(11-15)22-16(18-19-20-22)21(2)8-9-24-14-6-4-12(17)5-7-14/h4-7,13,15H,3,8-11H2,1-2H3. The van der Waals surface area contributed by atoms with E-state index in [0.717, 1.165) is 25.4 Å². The molecule has 1 saturated carbocycles. The van der Waals surface area contributed by atoms with Crippen LogP contribution in [0.1, 0.15) is 25.8 Å². The van der Waals surface area contributed by atoms with E-state index in [4.69, 9.17) is 9.47 Å². The molecule has 0 spiro atoms. The van der Waals surface area contributed by atoms with Crippen LogP contribution in [-0.4, -0.2) is 53.1 Å². The molecule has 0 saturated heterocycles. The molecule has 7 nitrogen and oxygen atoms in total. The second kappa shape index (κ2) is 7.57. The number of tetrazole rings is 1. The van der Waals surface area contributed by atoms with E-state index in [1.807, 2.05) is 23.6 Å². The van der Waals surface area contributed by atoms with Crippen LogP contribution < -0.4 is 9.64 Å². The second-order valence-corrected chi connectivity index (χ2v) is 5.85. The van der Waals surface area contributed by atoms with Gasteiger partial charge in [0.2, 0.25) is 5.95 Å². The summed E-state index contributed by atoms with van der Waals surface area (Å²) < 4.78 is 25.9. The van der Waals surface area contributed by atoms with Crippen molar-refractivity contribution < 1.29 is 13.9 Å². The van der Waals surface area contributed by atoms with E-state index in [9.17, 15) is 4.39 Å². The SMILES string of the molecule is CCOC1CC(n2nnnc2N(C)CCOc2ccc(F)cc2)C1. The van der Waals surface area contributed by atoms with E-state index in [2.05, 4.69) is 15.5 Å². The molecule has 0 unspecified atom stereocenters. The third kappa shape index (κ3) is 3.81. The van der Waals surface area contributed by atoms with Gasteiger partial charge in [0.15, 0.2) is 0 Å². The van der Waals surface area contributed by atoms with Gasteiger partial charge in [0.1, 0.15) is 18.2 Å². The maximum absolute atomic E-state index is 12.9. The van der Waals surface area contributed by atoms with Crippen molar-refractivity contribution in [3.63, 3.8) is 0 Å². The fraction of sp³-hybridized carbons (Fsp3) is 0.562. The van der Waals surface area contributed by atoms with Crippen molar-refractivity contribution in [2.45, 2.75) is 31.9 Å². The summed E-state index contributed by atoms with van der Waals surface area (Å²) in [7, 11) is 1.93. The monoisotopic (exact) mass is 335 g/mol. The highest BCUT2D eigenvalue weighted by atomic mass is 19.1. The van der Waals surface area contributed by atoms with E-state index in [0.29, 0.717) is 25.0 Å². The summed E-state index contributed by atoms with van der Waals surface area (Å²) in [6, 6.07) is 6.27. The minimum Gasteiger partial charge on any atom is -0.492 e. The highest BCUT2D eigenvalue weighted by Gasteiger charge is 2.34. The number of hydrogen-bond donors (Lipinski definition) is 0. The topological polar surface area (TPSA) is 65.3 Å². The molecule has 0 radical (unpaired) electrons. The van der Waals surface area contributed by atoms with E-state index >= 15 is 0 Å². The normalized spacial score (nSPS) is 19.8. The van der Waals surface area contributed by atoms with Gasteiger partial charge in [-0.2, -0.15) is 0 Å². The third-order valence-electron chi connectivity index (χ3n) is 4.14. The van der Waals surface area contributed by atoms with Crippen LogP contribution in [0, 0.1) is 5.82 Å². The van der Waals surface area contributed by atoms with Crippen LogP contribution in [0.2, 0.25) is 0 Å². The van der Waals surface area contributed by atoms with Crippen LogP contribution in [0.15, 0.2) is 24.3 Å². The minimum atomic E-state index is -0.274. The van der Waals surface area contributed by atoms with Crippen molar-refractivity contribution in [3.8, 4) is 5.75 Å². The van der Waals surface area contributed by atoms with Gasteiger partial charge in [-0.1, -0.05) is 5.10 Å². The summed E-state index contributed by atoms with van der Waals surface area (Å²) in [5, 5.41) is 12.0. The number of halogens is 1. The summed E-state index contributed by atoms with van der Waals surface area (Å²) >= 11 is 0. The summed E-state index contributed by atoms with van der Waals surface area (Å²) in [4.78, 5) is 1.96. The molecular formula is C16H22FN5O2. The lowest BCUT2D eigenvalue weighted by Gasteiger charge is -2.35. The van der Waals surface area contributed by atoms with Gasteiger partial charge in [-0.3, -0.25) is 0 Å². The molecule has 1 fully saturated rings. The van der Waals surface area contributed by atoms with Gasteiger partial charge in [0, 0.05) is 13.7 Å². The van der Waals surface area contributed by atoms with Crippen molar-refractivity contribution in [1.29, 1.82) is 0 Å². The zero-order valence-electron chi connectivity index (χ0n) is 13.9. The highest BCUT2D eigenvalue weighted by Crippen LogP contribution is 2.35. The summed E-state index contributed by atoms with van der Waals surface area (Å²) in [6.45, 7) is 3.83. The van der Waals surface area contributed by atoms with Crippen LogP contribution >= 0.6 is 0 Å². The van der Waals surface area contributed by atoms with E-state index in [1.54, 1.807) is 12.1 Å². The van der Waals surface area contributed by atoms with Gasteiger partial charge < -0.3 is 14.4 Å². The first-order valence-corrected chi connectivity index (χ1v) is 8.16. The molecule has 0 aliphatic heterocycles. The zero-order chi connectivity index (χ0) is 16.9. The molecule has 0 N–H and O–H groups in total. The van der Waals surface area contributed by atoms with Crippen LogP contribution in [0.5, 0.6) is 5.75 Å². The maximum atomic E-state index is 12.9. The second-order valence-electron chi connectivity index (χ2n) is 5.85. The average molecular weight is 335 g/mol. The Morgan fingerprint density at radius 3 is 2.75 bits per heavy atom. The fourth-order valence-electron chi connectivity index (χ4n) is 2.72. The quantitative estimate of drug-likeness (QED) is 0.736. The third-order valence-corrected chi connectivity index (χ3v) is 4.14. The number of aromatic nitrogens is 4. The van der Waals surface area contributed by atoms with Crippen molar-refractivity contribution >= 4 is 5.95 Å². The van der Waals surface area contributed by atoms with Gasteiger partial charge in [0.25, 0.3) is 0 Å². The van der Waals surface area contributed by atoms with Gasteiger partial charge in [-0.15, -0.1) is 0 Å². The lowest BCUT2D eigenvalue weighted by atomic mass is 9.89. The predicted molar refractivity (Wildman–Crippen MR) is 86.7 cm³/mol. The Bertz CT molecular complexity index is 642. The zero-order valence-corrected chi connectivity index (χ0v) is 13.9. The molecule has 1 heterocycles. The number of rotatable bonds is 8. The Kier molecular flexibility index (Phi) is 5.24. The molecule has 1 aliphatic carbocycles. The molecule has 1 aliphatic rings. The Balaban J connectivity index is 1.50. The van der Waals surface area contributed by atoms with Gasteiger partial charge in [-0.05, 0) is 54.5 Å². The van der Waals surface area contributed by atoms with Crippen LogP contribution in [0.3, 0.4) is 0 Å². The van der Waals surface area contributed by atoms with Crippen molar-refractivity contribution in [3.05, 3.63) is 30.1 Å². The smallest absolute Gasteiger partial charge is 0.245 e. The van der Waals surface area contributed by atoms with E-state index in [-0.39, 0.29) is 11.9 Å². The number of nitrogens with zero attached hydrogens (tertiary/aromatic N) is 5. The van der Waals surface area contributed by atoms with Gasteiger partial charge in [-0.25, -0.2) is 9.07 Å². The number of ether oxygens (including phenoxy) is 2. The Morgan fingerprint density at radius 2 is 2.04 bits per heavy atom. The summed E-state index contributed by atoms with van der Waals surface area (Å²) in [6.07, 6.45) is 2.18. The highest BCUT2D eigenvalue weighted by molar-refractivity contribution is 5.27. The van der Waals surface area contributed by atoms with Crippen molar-refractivity contribution in [2.75, 3.05) is 31.7 Å². The molecule has 130 valence electrons. The number of hydrogen-bond acceptors (Lipinski definition) is 6. The minimum absolute atomic E-state index is 0.274. The van der Waals surface area contributed by atoms with Crippen molar-refractivity contribution in [1.82, 2.24) is 20.2 Å². The van der Waals surface area contributed by atoms with E-state index < -0.39 is 0 Å².